The van der Waals surface area contributed by atoms with E-state index < -0.39 is 15.8 Å². The molecule has 0 atom stereocenters. The summed E-state index contributed by atoms with van der Waals surface area (Å²) in [4.78, 5) is 1.92. The van der Waals surface area contributed by atoms with Crippen molar-refractivity contribution in [3.8, 4) is 0 Å². The summed E-state index contributed by atoms with van der Waals surface area (Å²) < 4.78 is 40.0. The van der Waals surface area contributed by atoms with E-state index in [1.54, 1.807) is 12.1 Å². The first-order chi connectivity index (χ1) is 12.9. The molecule has 0 aliphatic rings. The Labute approximate surface area is 157 Å². The molecule has 0 aliphatic heterocycles. The number of sulfonamides is 1. The molecule has 1 N–H and O–H groups in total. The molecular weight excluding hydrogens is 367 g/mol. The average Bonchev–Trinajstić information content (AvgIpc) is 2.64. The van der Waals surface area contributed by atoms with Crippen LogP contribution in [0.15, 0.2) is 65.6 Å². The average molecular weight is 386 g/mol. The summed E-state index contributed by atoms with van der Waals surface area (Å²) in [5.74, 6) is 0.185. The van der Waals surface area contributed by atoms with Crippen molar-refractivity contribution in [2.24, 2.45) is 0 Å². The third-order valence-electron chi connectivity index (χ3n) is 3.92. The first-order valence-corrected chi connectivity index (χ1v) is 9.83. The van der Waals surface area contributed by atoms with E-state index in [0.717, 1.165) is 23.4 Å². The van der Waals surface area contributed by atoms with Gasteiger partial charge in [-0.2, -0.15) is 0 Å². The number of anilines is 3. The van der Waals surface area contributed by atoms with E-state index in [1.807, 2.05) is 43.0 Å². The maximum absolute atomic E-state index is 13.0. The molecule has 3 aromatic rings. The lowest BCUT2D eigenvalue weighted by molar-refractivity contribution is 0.599. The maximum atomic E-state index is 13.0. The van der Waals surface area contributed by atoms with Crippen LogP contribution in [0.4, 0.5) is 21.7 Å². The molecule has 0 saturated carbocycles. The monoisotopic (exact) mass is 386 g/mol. The smallest absolute Gasteiger partial charge is 0.263 e. The second-order valence-electron chi connectivity index (χ2n) is 5.92. The number of rotatable bonds is 6. The fraction of sp³-hybridized carbons (Fsp3) is 0.158. The number of hydrogen-bond donors (Lipinski definition) is 1. The Morgan fingerprint density at radius 3 is 2.37 bits per heavy atom. The molecule has 6 nitrogen and oxygen atoms in total. The zero-order valence-corrected chi connectivity index (χ0v) is 15.7. The van der Waals surface area contributed by atoms with Crippen molar-refractivity contribution in [2.45, 2.75) is 18.7 Å². The molecule has 0 amide bonds. The van der Waals surface area contributed by atoms with Crippen molar-refractivity contribution < 1.29 is 12.8 Å². The molecule has 0 unspecified atom stereocenters. The van der Waals surface area contributed by atoms with Gasteiger partial charge < -0.3 is 4.90 Å². The second kappa shape index (κ2) is 7.71. The van der Waals surface area contributed by atoms with E-state index in [0.29, 0.717) is 12.4 Å². The number of hydrogen-bond acceptors (Lipinski definition) is 5. The Morgan fingerprint density at radius 1 is 1.04 bits per heavy atom. The van der Waals surface area contributed by atoms with E-state index in [9.17, 15) is 12.8 Å². The molecule has 140 valence electrons. The van der Waals surface area contributed by atoms with Crippen molar-refractivity contribution in [2.75, 3.05) is 16.2 Å². The number of aryl methyl sites for hydroxylation is 1. The van der Waals surface area contributed by atoms with Crippen LogP contribution in [0.25, 0.3) is 0 Å². The maximum Gasteiger partial charge on any atom is 0.263 e. The van der Waals surface area contributed by atoms with Gasteiger partial charge in [0.05, 0.1) is 4.90 Å². The van der Waals surface area contributed by atoms with Crippen LogP contribution in [-0.4, -0.2) is 25.2 Å². The summed E-state index contributed by atoms with van der Waals surface area (Å²) in [6, 6.07) is 15.8. The first kappa shape index (κ1) is 18.8. The Kier molecular flexibility index (Phi) is 5.36. The normalized spacial score (nSPS) is 11.2. The minimum atomic E-state index is -3.86. The molecule has 0 aliphatic carbocycles. The van der Waals surface area contributed by atoms with Crippen molar-refractivity contribution in [1.29, 1.82) is 0 Å². The lowest BCUT2D eigenvalue weighted by atomic mass is 10.2. The Hall–Kier alpha value is -3.00. The van der Waals surface area contributed by atoms with Crippen LogP contribution in [0.2, 0.25) is 0 Å². The highest BCUT2D eigenvalue weighted by Crippen LogP contribution is 2.24. The highest BCUT2D eigenvalue weighted by Gasteiger charge is 2.16. The van der Waals surface area contributed by atoms with Gasteiger partial charge in [0.2, 0.25) is 0 Å². The van der Waals surface area contributed by atoms with Crippen LogP contribution < -0.4 is 9.62 Å². The molecule has 8 heteroatoms. The molecule has 0 bridgehead atoms. The summed E-state index contributed by atoms with van der Waals surface area (Å²) in [5, 5.41) is 8.10. The fourth-order valence-corrected chi connectivity index (χ4v) is 3.60. The minimum absolute atomic E-state index is 0.0512. The van der Waals surface area contributed by atoms with Crippen molar-refractivity contribution in [1.82, 2.24) is 10.2 Å². The predicted octanol–water partition coefficient (Wildman–Crippen LogP) is 3.88. The minimum Gasteiger partial charge on any atom is -0.325 e. The second-order valence-corrected chi connectivity index (χ2v) is 7.60. The summed E-state index contributed by atoms with van der Waals surface area (Å²) in [7, 11) is -3.86. The summed E-state index contributed by atoms with van der Waals surface area (Å²) in [5.41, 5.74) is 2.11. The van der Waals surface area contributed by atoms with Gasteiger partial charge in [0.25, 0.3) is 10.0 Å². The lowest BCUT2D eigenvalue weighted by Gasteiger charge is -2.22. The van der Waals surface area contributed by atoms with Gasteiger partial charge in [0, 0.05) is 12.2 Å². The first-order valence-electron chi connectivity index (χ1n) is 8.35. The third kappa shape index (κ3) is 4.40. The van der Waals surface area contributed by atoms with E-state index >= 15 is 0 Å². The van der Waals surface area contributed by atoms with Crippen molar-refractivity contribution in [3.05, 3.63) is 72.0 Å². The fourth-order valence-electron chi connectivity index (χ4n) is 2.61. The quantitative estimate of drug-likeness (QED) is 0.696. The van der Waals surface area contributed by atoms with E-state index in [1.165, 1.54) is 12.1 Å². The standard InChI is InChI=1S/C19H19FN4O2S/c1-3-24(16-6-4-5-14(2)13-16)19-12-11-18(21-22-19)23-27(25,26)17-9-7-15(20)8-10-17/h4-13H,3H2,1-2H3,(H,21,23). The largest absolute Gasteiger partial charge is 0.325 e. The number of benzene rings is 2. The van der Waals surface area contributed by atoms with Gasteiger partial charge in [0.1, 0.15) is 5.82 Å². The van der Waals surface area contributed by atoms with Gasteiger partial charge in [-0.1, -0.05) is 12.1 Å². The molecule has 27 heavy (non-hydrogen) atoms. The Balaban J connectivity index is 1.81. The number of nitrogens with zero attached hydrogens (tertiary/aromatic N) is 3. The Morgan fingerprint density at radius 2 is 1.78 bits per heavy atom. The topological polar surface area (TPSA) is 75.2 Å². The number of nitrogens with one attached hydrogen (secondary N) is 1. The van der Waals surface area contributed by atoms with Crippen LogP contribution in [-0.2, 0) is 10.0 Å². The van der Waals surface area contributed by atoms with Gasteiger partial charge in [-0.05, 0) is 67.9 Å². The van der Waals surface area contributed by atoms with Gasteiger partial charge in [-0.3, -0.25) is 4.72 Å². The van der Waals surface area contributed by atoms with E-state index in [4.69, 9.17) is 0 Å². The molecule has 1 heterocycles. The van der Waals surface area contributed by atoms with Crippen molar-refractivity contribution >= 4 is 27.3 Å². The molecule has 1 aromatic heterocycles. The zero-order valence-electron chi connectivity index (χ0n) is 14.9. The SMILES string of the molecule is CCN(c1cccc(C)c1)c1ccc(NS(=O)(=O)c2ccc(F)cc2)nn1. The molecule has 2 aromatic carbocycles. The van der Waals surface area contributed by atoms with Crippen LogP contribution in [0.3, 0.4) is 0 Å². The molecule has 0 saturated heterocycles. The highest BCUT2D eigenvalue weighted by molar-refractivity contribution is 7.92. The molecule has 3 rings (SSSR count). The number of aromatic nitrogens is 2. The molecule has 0 fully saturated rings. The summed E-state index contributed by atoms with van der Waals surface area (Å²) in [6.45, 7) is 4.68. The van der Waals surface area contributed by atoms with E-state index in [-0.39, 0.29) is 10.7 Å². The lowest BCUT2D eigenvalue weighted by Crippen LogP contribution is -2.19. The van der Waals surface area contributed by atoms with Gasteiger partial charge in [-0.25, -0.2) is 12.8 Å². The van der Waals surface area contributed by atoms with Crippen LogP contribution in [0.1, 0.15) is 12.5 Å². The van der Waals surface area contributed by atoms with E-state index in [2.05, 4.69) is 14.9 Å². The van der Waals surface area contributed by atoms with Crippen molar-refractivity contribution in [3.63, 3.8) is 0 Å². The zero-order chi connectivity index (χ0) is 19.4. The van der Waals surface area contributed by atoms with Gasteiger partial charge in [-0.15, -0.1) is 10.2 Å². The molecular formula is C19H19FN4O2S. The third-order valence-corrected chi connectivity index (χ3v) is 5.29. The molecule has 0 spiro atoms. The predicted molar refractivity (Wildman–Crippen MR) is 103 cm³/mol. The molecule has 0 radical (unpaired) electrons. The number of halogens is 1. The van der Waals surface area contributed by atoms with Crippen LogP contribution >= 0.6 is 0 Å². The highest BCUT2D eigenvalue weighted by atomic mass is 32.2. The van der Waals surface area contributed by atoms with Crippen LogP contribution in [0, 0.1) is 12.7 Å². The van der Waals surface area contributed by atoms with Gasteiger partial charge in [0.15, 0.2) is 11.6 Å². The summed E-state index contributed by atoms with van der Waals surface area (Å²) in [6.07, 6.45) is 0. The Bertz CT molecular complexity index is 1020. The van der Waals surface area contributed by atoms with Crippen LogP contribution in [0.5, 0.6) is 0 Å². The van der Waals surface area contributed by atoms with Gasteiger partial charge >= 0.3 is 0 Å². The summed E-state index contributed by atoms with van der Waals surface area (Å²) >= 11 is 0.